The van der Waals surface area contributed by atoms with Crippen LogP contribution in [0.4, 0.5) is 5.69 Å². The summed E-state index contributed by atoms with van der Waals surface area (Å²) in [4.78, 5) is 29.2. The summed E-state index contributed by atoms with van der Waals surface area (Å²) in [6, 6.07) is 6.31. The van der Waals surface area contributed by atoms with Crippen molar-refractivity contribution in [2.24, 2.45) is 5.92 Å². The molecule has 1 aliphatic heterocycles. The van der Waals surface area contributed by atoms with Gasteiger partial charge in [-0.05, 0) is 49.8 Å². The molecule has 2 amide bonds. The van der Waals surface area contributed by atoms with Gasteiger partial charge in [0.05, 0.1) is 13.1 Å². The Morgan fingerprint density at radius 3 is 2.24 bits per heavy atom. The molecule has 160 valence electrons. The van der Waals surface area contributed by atoms with Gasteiger partial charge in [-0.15, -0.1) is 0 Å². The lowest BCUT2D eigenvalue weighted by atomic mass is 9.86. The van der Waals surface area contributed by atoms with Crippen LogP contribution in [0, 0.1) is 19.8 Å². The molecule has 1 aliphatic carbocycles. The summed E-state index contributed by atoms with van der Waals surface area (Å²) in [7, 11) is 0. The largest absolute Gasteiger partial charge is 0.352 e. The van der Waals surface area contributed by atoms with Gasteiger partial charge in [0, 0.05) is 37.9 Å². The van der Waals surface area contributed by atoms with Crippen LogP contribution in [0.15, 0.2) is 18.2 Å². The Hall–Kier alpha value is -1.92. The molecule has 1 saturated heterocycles. The molecule has 0 aromatic heterocycles. The number of hydrogen-bond donors (Lipinski definition) is 2. The molecule has 2 aliphatic rings. The average Bonchev–Trinajstić information content (AvgIpc) is 2.69. The van der Waals surface area contributed by atoms with Gasteiger partial charge in [0.25, 0.3) is 0 Å². The summed E-state index contributed by atoms with van der Waals surface area (Å²) < 4.78 is 0. The number of anilines is 1. The highest BCUT2D eigenvalue weighted by atomic mass is 16.2. The maximum absolute atomic E-state index is 12.4. The molecule has 1 aromatic carbocycles. The van der Waals surface area contributed by atoms with Gasteiger partial charge in [-0.3, -0.25) is 19.4 Å². The van der Waals surface area contributed by atoms with Crippen LogP contribution in [-0.2, 0) is 9.59 Å². The van der Waals surface area contributed by atoms with Crippen LogP contribution in [0.5, 0.6) is 0 Å². The van der Waals surface area contributed by atoms with Crippen LogP contribution < -0.4 is 10.6 Å². The molecule has 1 aromatic rings. The van der Waals surface area contributed by atoms with Crippen molar-refractivity contribution in [1.82, 2.24) is 15.1 Å². The third-order valence-corrected chi connectivity index (χ3v) is 6.54. The lowest BCUT2D eigenvalue weighted by Crippen LogP contribution is -2.52. The summed E-state index contributed by atoms with van der Waals surface area (Å²) >= 11 is 0. The second kappa shape index (κ2) is 10.2. The molecule has 29 heavy (non-hydrogen) atoms. The molecule has 2 fully saturated rings. The number of hydrogen-bond acceptors (Lipinski definition) is 4. The number of nitrogens with zero attached hydrogens (tertiary/aromatic N) is 2. The zero-order chi connectivity index (χ0) is 20.8. The van der Waals surface area contributed by atoms with E-state index >= 15 is 0 Å². The monoisotopic (exact) mass is 400 g/mol. The molecule has 1 saturated carbocycles. The van der Waals surface area contributed by atoms with E-state index in [9.17, 15) is 9.59 Å². The van der Waals surface area contributed by atoms with Crippen LogP contribution in [0.2, 0.25) is 0 Å². The van der Waals surface area contributed by atoms with Crippen molar-refractivity contribution in [3.8, 4) is 0 Å². The van der Waals surface area contributed by atoms with Crippen molar-refractivity contribution in [3.05, 3.63) is 29.3 Å². The first kappa shape index (κ1) is 21.8. The SMILES string of the molecule is Cc1cccc(NC(=O)CN2CCN(CC(=O)N[C@@H]3CCCC[C@@H]3C)CC2)c1C. The summed E-state index contributed by atoms with van der Waals surface area (Å²) in [5, 5.41) is 6.27. The van der Waals surface area contributed by atoms with Gasteiger partial charge >= 0.3 is 0 Å². The summed E-state index contributed by atoms with van der Waals surface area (Å²) in [5.74, 6) is 0.751. The van der Waals surface area contributed by atoms with Gasteiger partial charge in [-0.2, -0.15) is 0 Å². The van der Waals surface area contributed by atoms with Crippen molar-refractivity contribution in [2.45, 2.75) is 52.5 Å². The fourth-order valence-corrected chi connectivity index (χ4v) is 4.37. The zero-order valence-corrected chi connectivity index (χ0v) is 18.2. The van der Waals surface area contributed by atoms with Gasteiger partial charge in [0.2, 0.25) is 11.8 Å². The van der Waals surface area contributed by atoms with E-state index in [4.69, 9.17) is 0 Å². The number of rotatable bonds is 6. The first-order valence-corrected chi connectivity index (χ1v) is 11.0. The number of nitrogens with one attached hydrogen (secondary N) is 2. The molecule has 2 N–H and O–H groups in total. The van der Waals surface area contributed by atoms with E-state index in [2.05, 4.69) is 40.3 Å². The second-order valence-corrected chi connectivity index (χ2v) is 8.78. The van der Waals surface area contributed by atoms with E-state index in [-0.39, 0.29) is 11.8 Å². The fraction of sp³-hybridized carbons (Fsp3) is 0.652. The van der Waals surface area contributed by atoms with E-state index in [0.717, 1.165) is 43.9 Å². The minimum Gasteiger partial charge on any atom is -0.352 e. The van der Waals surface area contributed by atoms with Crippen LogP contribution in [-0.4, -0.2) is 66.9 Å². The van der Waals surface area contributed by atoms with Crippen LogP contribution in [0.1, 0.15) is 43.7 Å². The molecule has 6 nitrogen and oxygen atoms in total. The molecule has 0 bridgehead atoms. The maximum atomic E-state index is 12.4. The average molecular weight is 401 g/mol. The number of aryl methyl sites for hydroxylation is 1. The Morgan fingerprint density at radius 2 is 1.59 bits per heavy atom. The van der Waals surface area contributed by atoms with Crippen LogP contribution in [0.25, 0.3) is 0 Å². The lowest BCUT2D eigenvalue weighted by molar-refractivity contribution is -0.124. The molecule has 6 heteroatoms. The highest BCUT2D eigenvalue weighted by Gasteiger charge is 2.25. The highest BCUT2D eigenvalue weighted by molar-refractivity contribution is 5.93. The summed E-state index contributed by atoms with van der Waals surface area (Å²) in [5.41, 5.74) is 3.18. The topological polar surface area (TPSA) is 64.7 Å². The van der Waals surface area contributed by atoms with E-state index in [1.165, 1.54) is 24.8 Å². The molecule has 0 radical (unpaired) electrons. The molecule has 0 spiro atoms. The number of piperazine rings is 1. The van der Waals surface area contributed by atoms with Gasteiger partial charge in [-0.25, -0.2) is 0 Å². The van der Waals surface area contributed by atoms with Crippen molar-refractivity contribution >= 4 is 17.5 Å². The molecular formula is C23H36N4O2. The molecular weight excluding hydrogens is 364 g/mol. The van der Waals surface area contributed by atoms with Gasteiger partial charge < -0.3 is 10.6 Å². The smallest absolute Gasteiger partial charge is 0.238 e. The van der Waals surface area contributed by atoms with Gasteiger partial charge in [0.15, 0.2) is 0 Å². The predicted octanol–water partition coefficient (Wildman–Crippen LogP) is 2.55. The lowest BCUT2D eigenvalue weighted by Gasteiger charge is -2.35. The predicted molar refractivity (Wildman–Crippen MR) is 117 cm³/mol. The summed E-state index contributed by atoms with van der Waals surface area (Å²) in [6.07, 6.45) is 4.83. The van der Waals surface area contributed by atoms with Crippen LogP contribution in [0.3, 0.4) is 0 Å². The zero-order valence-electron chi connectivity index (χ0n) is 18.2. The number of carbonyl (C=O) groups excluding carboxylic acids is 2. The van der Waals surface area contributed by atoms with Crippen molar-refractivity contribution in [3.63, 3.8) is 0 Å². The Labute approximate surface area is 175 Å². The maximum Gasteiger partial charge on any atom is 0.238 e. The quantitative estimate of drug-likeness (QED) is 0.770. The second-order valence-electron chi connectivity index (χ2n) is 8.78. The van der Waals surface area contributed by atoms with Crippen molar-refractivity contribution in [2.75, 3.05) is 44.6 Å². The van der Waals surface area contributed by atoms with E-state index in [0.29, 0.717) is 25.0 Å². The highest BCUT2D eigenvalue weighted by Crippen LogP contribution is 2.23. The molecule has 0 unspecified atom stereocenters. The Kier molecular flexibility index (Phi) is 7.67. The minimum absolute atomic E-state index is 0.0242. The molecule has 3 rings (SSSR count). The minimum atomic E-state index is 0.0242. The van der Waals surface area contributed by atoms with Gasteiger partial charge in [-0.1, -0.05) is 31.9 Å². The van der Waals surface area contributed by atoms with Crippen LogP contribution >= 0.6 is 0 Å². The summed E-state index contributed by atoms with van der Waals surface area (Å²) in [6.45, 7) is 10.5. The third kappa shape index (κ3) is 6.28. The van der Waals surface area contributed by atoms with Crippen molar-refractivity contribution < 1.29 is 9.59 Å². The first-order chi connectivity index (χ1) is 13.9. The number of amides is 2. The third-order valence-electron chi connectivity index (χ3n) is 6.54. The normalized spacial score (nSPS) is 23.6. The Bertz CT molecular complexity index is 713. The van der Waals surface area contributed by atoms with Gasteiger partial charge in [0.1, 0.15) is 0 Å². The van der Waals surface area contributed by atoms with E-state index < -0.39 is 0 Å². The molecule has 2 atom stereocenters. The Morgan fingerprint density at radius 1 is 0.966 bits per heavy atom. The number of benzene rings is 1. The first-order valence-electron chi connectivity index (χ1n) is 11.0. The van der Waals surface area contributed by atoms with E-state index in [1.807, 2.05) is 19.1 Å². The molecule has 1 heterocycles. The standard InChI is InChI=1S/C23H36N4O2/c1-17-8-6-10-21(19(17)3)25-23(29)16-27-13-11-26(12-14-27)15-22(28)24-20-9-5-4-7-18(20)2/h6,8,10,18,20H,4-5,7,9,11-16H2,1-3H3,(H,24,28)(H,25,29)/t18-,20+/m0/s1. The Balaban J connectivity index is 1.38. The fourth-order valence-electron chi connectivity index (χ4n) is 4.37. The van der Waals surface area contributed by atoms with Crippen molar-refractivity contribution in [1.29, 1.82) is 0 Å². The van der Waals surface area contributed by atoms with E-state index in [1.54, 1.807) is 0 Å². The number of carbonyl (C=O) groups is 2.